The van der Waals surface area contributed by atoms with Crippen molar-refractivity contribution in [2.24, 2.45) is 5.92 Å². The molecule has 1 N–H and O–H groups in total. The van der Waals surface area contributed by atoms with Crippen LogP contribution in [0.3, 0.4) is 0 Å². The van der Waals surface area contributed by atoms with Crippen LogP contribution in [-0.2, 0) is 6.54 Å². The van der Waals surface area contributed by atoms with Crippen LogP contribution in [0.15, 0.2) is 24.3 Å². The molecule has 1 unspecified atom stereocenters. The number of rotatable bonds is 3. The number of nitrogens with zero attached hydrogens (tertiary/aromatic N) is 1. The summed E-state index contributed by atoms with van der Waals surface area (Å²) in [5.74, 6) is 0.711. The minimum absolute atomic E-state index is 0.636. The van der Waals surface area contributed by atoms with Gasteiger partial charge in [-0.1, -0.05) is 43.7 Å². The molecule has 1 aromatic rings. The Morgan fingerprint density at radius 2 is 2.22 bits per heavy atom. The Hall–Kier alpha value is -0.860. The van der Waals surface area contributed by atoms with Gasteiger partial charge < -0.3 is 5.32 Å². The fraction of sp³-hybridized carbons (Fsp3) is 0.625. The van der Waals surface area contributed by atoms with Crippen molar-refractivity contribution in [3.63, 3.8) is 0 Å². The maximum absolute atomic E-state index is 3.67. The van der Waals surface area contributed by atoms with Gasteiger partial charge in [-0.25, -0.2) is 0 Å². The van der Waals surface area contributed by atoms with Crippen LogP contribution in [-0.4, -0.2) is 30.6 Å². The molecule has 0 saturated carbocycles. The van der Waals surface area contributed by atoms with E-state index >= 15 is 0 Å². The maximum atomic E-state index is 3.67. The van der Waals surface area contributed by atoms with E-state index < -0.39 is 0 Å². The van der Waals surface area contributed by atoms with Crippen molar-refractivity contribution < 1.29 is 0 Å². The van der Waals surface area contributed by atoms with Gasteiger partial charge >= 0.3 is 0 Å². The van der Waals surface area contributed by atoms with Gasteiger partial charge in [-0.05, 0) is 37.9 Å². The van der Waals surface area contributed by atoms with Gasteiger partial charge in [0.25, 0.3) is 0 Å². The van der Waals surface area contributed by atoms with Crippen LogP contribution in [0.2, 0.25) is 0 Å². The van der Waals surface area contributed by atoms with Crippen molar-refractivity contribution >= 4 is 0 Å². The Bertz CT molecular complexity index is 373. The third-order valence-corrected chi connectivity index (χ3v) is 3.81. The predicted molar refractivity (Wildman–Crippen MR) is 77.7 cm³/mol. The predicted octanol–water partition coefficient (Wildman–Crippen LogP) is 2.81. The monoisotopic (exact) mass is 246 g/mol. The molecule has 1 fully saturated rings. The first-order valence-electron chi connectivity index (χ1n) is 7.16. The van der Waals surface area contributed by atoms with Crippen molar-refractivity contribution in [2.75, 3.05) is 19.6 Å². The molecule has 0 spiro atoms. The lowest BCUT2D eigenvalue weighted by Gasteiger charge is -2.26. The van der Waals surface area contributed by atoms with Crippen LogP contribution in [0.5, 0.6) is 0 Å². The summed E-state index contributed by atoms with van der Waals surface area (Å²) in [4.78, 5) is 2.60. The molecule has 18 heavy (non-hydrogen) atoms. The molecule has 1 atom stereocenters. The summed E-state index contributed by atoms with van der Waals surface area (Å²) in [5.41, 5.74) is 2.81. The van der Waals surface area contributed by atoms with Gasteiger partial charge in [0, 0.05) is 19.1 Å². The van der Waals surface area contributed by atoms with Crippen molar-refractivity contribution in [3.05, 3.63) is 35.4 Å². The van der Waals surface area contributed by atoms with Crippen LogP contribution < -0.4 is 5.32 Å². The average molecular weight is 246 g/mol. The number of hydrogen-bond acceptors (Lipinski definition) is 2. The van der Waals surface area contributed by atoms with Crippen molar-refractivity contribution in [1.29, 1.82) is 0 Å². The second kappa shape index (κ2) is 6.35. The first-order chi connectivity index (χ1) is 8.65. The third kappa shape index (κ3) is 3.82. The number of aryl methyl sites for hydroxylation is 1. The summed E-state index contributed by atoms with van der Waals surface area (Å²) < 4.78 is 0. The lowest BCUT2D eigenvalue weighted by atomic mass is 10.0. The summed E-state index contributed by atoms with van der Waals surface area (Å²) in [6.45, 7) is 11.4. The Morgan fingerprint density at radius 3 is 2.94 bits per heavy atom. The first-order valence-corrected chi connectivity index (χ1v) is 7.16. The molecule has 2 heteroatoms. The highest BCUT2D eigenvalue weighted by molar-refractivity contribution is 5.22. The quantitative estimate of drug-likeness (QED) is 0.882. The van der Waals surface area contributed by atoms with Gasteiger partial charge in [0.15, 0.2) is 0 Å². The largest absolute Gasteiger partial charge is 0.312 e. The van der Waals surface area contributed by atoms with Crippen LogP contribution in [0.1, 0.15) is 31.4 Å². The molecule has 1 saturated heterocycles. The smallest absolute Gasteiger partial charge is 0.0234 e. The Kier molecular flexibility index (Phi) is 4.79. The normalized spacial score (nSPS) is 22.1. The van der Waals surface area contributed by atoms with Crippen LogP contribution in [0.4, 0.5) is 0 Å². The molecule has 0 aromatic heterocycles. The van der Waals surface area contributed by atoms with E-state index in [9.17, 15) is 0 Å². The van der Waals surface area contributed by atoms with Crippen molar-refractivity contribution in [2.45, 2.75) is 39.8 Å². The maximum Gasteiger partial charge on any atom is 0.0234 e. The molecule has 1 aromatic carbocycles. The van der Waals surface area contributed by atoms with Gasteiger partial charge in [-0.3, -0.25) is 4.90 Å². The van der Waals surface area contributed by atoms with Gasteiger partial charge in [0.05, 0.1) is 0 Å². The van der Waals surface area contributed by atoms with E-state index in [1.54, 1.807) is 0 Å². The van der Waals surface area contributed by atoms with E-state index in [1.165, 1.54) is 30.6 Å². The first kappa shape index (κ1) is 13.6. The van der Waals surface area contributed by atoms with E-state index in [2.05, 4.69) is 55.3 Å². The van der Waals surface area contributed by atoms with E-state index in [0.29, 0.717) is 12.0 Å². The van der Waals surface area contributed by atoms with Crippen LogP contribution in [0.25, 0.3) is 0 Å². The van der Waals surface area contributed by atoms with E-state index in [1.807, 2.05) is 0 Å². The van der Waals surface area contributed by atoms with E-state index in [4.69, 9.17) is 0 Å². The summed E-state index contributed by atoms with van der Waals surface area (Å²) in [6.07, 6.45) is 1.26. The van der Waals surface area contributed by atoms with Crippen molar-refractivity contribution in [1.82, 2.24) is 10.2 Å². The zero-order chi connectivity index (χ0) is 13.0. The lowest BCUT2D eigenvalue weighted by molar-refractivity contribution is 0.238. The molecule has 0 amide bonds. The molecule has 2 rings (SSSR count). The Morgan fingerprint density at radius 1 is 1.39 bits per heavy atom. The fourth-order valence-electron chi connectivity index (χ4n) is 2.68. The lowest BCUT2D eigenvalue weighted by Crippen LogP contribution is -2.41. The fourth-order valence-corrected chi connectivity index (χ4v) is 2.68. The molecule has 0 radical (unpaired) electrons. The minimum atomic E-state index is 0.636. The molecule has 1 aliphatic rings. The highest BCUT2D eigenvalue weighted by Gasteiger charge is 2.20. The number of hydrogen-bond donors (Lipinski definition) is 1. The van der Waals surface area contributed by atoms with Crippen LogP contribution in [0, 0.1) is 12.8 Å². The molecular formula is C16H26N2. The number of benzene rings is 1. The Labute approximate surface area is 111 Å². The third-order valence-electron chi connectivity index (χ3n) is 3.81. The molecular weight excluding hydrogens is 220 g/mol. The SMILES string of the molecule is Cc1cccc(CN2CCCNC(C(C)C)C2)c1. The molecule has 2 nitrogen and oxygen atoms in total. The molecule has 1 aliphatic heterocycles. The summed E-state index contributed by atoms with van der Waals surface area (Å²) in [6, 6.07) is 9.53. The molecule has 1 heterocycles. The summed E-state index contributed by atoms with van der Waals surface area (Å²) in [7, 11) is 0. The molecule has 100 valence electrons. The summed E-state index contributed by atoms with van der Waals surface area (Å²) >= 11 is 0. The van der Waals surface area contributed by atoms with Gasteiger partial charge in [0.1, 0.15) is 0 Å². The molecule has 0 bridgehead atoms. The molecule has 0 aliphatic carbocycles. The topological polar surface area (TPSA) is 15.3 Å². The van der Waals surface area contributed by atoms with E-state index in [0.717, 1.165) is 13.1 Å². The van der Waals surface area contributed by atoms with Crippen LogP contribution >= 0.6 is 0 Å². The highest BCUT2D eigenvalue weighted by atomic mass is 15.2. The highest BCUT2D eigenvalue weighted by Crippen LogP contribution is 2.13. The zero-order valence-corrected chi connectivity index (χ0v) is 11.9. The summed E-state index contributed by atoms with van der Waals surface area (Å²) in [5, 5.41) is 3.67. The second-order valence-corrected chi connectivity index (χ2v) is 5.88. The van der Waals surface area contributed by atoms with Gasteiger partial charge in [-0.15, -0.1) is 0 Å². The standard InChI is InChI=1S/C16H26N2/c1-13(2)16-12-18(9-5-8-17-16)11-15-7-4-6-14(3)10-15/h4,6-7,10,13,16-17H,5,8-9,11-12H2,1-3H3. The number of nitrogens with one attached hydrogen (secondary N) is 1. The van der Waals surface area contributed by atoms with Crippen molar-refractivity contribution in [3.8, 4) is 0 Å². The zero-order valence-electron chi connectivity index (χ0n) is 11.9. The minimum Gasteiger partial charge on any atom is -0.312 e. The van der Waals surface area contributed by atoms with Gasteiger partial charge in [-0.2, -0.15) is 0 Å². The van der Waals surface area contributed by atoms with E-state index in [-0.39, 0.29) is 0 Å². The second-order valence-electron chi connectivity index (χ2n) is 5.88. The van der Waals surface area contributed by atoms with Gasteiger partial charge in [0.2, 0.25) is 0 Å². The Balaban J connectivity index is 1.99. The average Bonchev–Trinajstić information content (AvgIpc) is 2.55.